The van der Waals surface area contributed by atoms with Crippen LogP contribution in [0.4, 0.5) is 0 Å². The summed E-state index contributed by atoms with van der Waals surface area (Å²) in [7, 11) is 0. The maximum Gasteiger partial charge on any atom is 0.198 e. The number of ether oxygens (including phenoxy) is 1. The Bertz CT molecular complexity index is 158. The number of hydrogen-bond donors (Lipinski definition) is 0. The predicted octanol–water partition coefficient (Wildman–Crippen LogP) is 5.42. The Morgan fingerprint density at radius 1 is 1.00 bits per heavy atom. The molecule has 0 rings (SSSR count). The lowest BCUT2D eigenvalue weighted by molar-refractivity contribution is 0.228. The zero-order valence-corrected chi connectivity index (χ0v) is 11.1. The average Bonchev–Trinajstić information content (AvgIpc) is 2.26. The molecule has 0 fully saturated rings. The number of halogens is 2. The Hall–Kier alpha value is 0.120. The molecule has 0 saturated heterocycles. The van der Waals surface area contributed by atoms with Gasteiger partial charge in [-0.2, -0.15) is 0 Å². The molecule has 0 aromatic carbocycles. The molecule has 0 atom stereocenters. The normalized spacial score (nSPS) is 11.8. The quantitative estimate of drug-likeness (QED) is 0.373. The van der Waals surface area contributed by atoms with Crippen LogP contribution in [0, 0.1) is 0 Å². The third kappa shape index (κ3) is 12.0. The van der Waals surface area contributed by atoms with E-state index in [9.17, 15) is 0 Å². The Morgan fingerprint density at radius 3 is 2.07 bits per heavy atom. The van der Waals surface area contributed by atoms with Crippen LogP contribution in [0.1, 0.15) is 58.3 Å². The summed E-state index contributed by atoms with van der Waals surface area (Å²) in [6, 6.07) is 0. The van der Waals surface area contributed by atoms with Crippen LogP contribution < -0.4 is 0 Å². The van der Waals surface area contributed by atoms with Gasteiger partial charge < -0.3 is 4.74 Å². The van der Waals surface area contributed by atoms with E-state index in [0.717, 1.165) is 6.42 Å². The molecule has 0 aromatic heterocycles. The largest absolute Gasteiger partial charge is 0.482 e. The summed E-state index contributed by atoms with van der Waals surface area (Å²) in [5, 5.41) is 0.291. The Morgan fingerprint density at radius 2 is 1.53 bits per heavy atom. The first-order valence-electron chi connectivity index (χ1n) is 5.90. The Labute approximate surface area is 104 Å². The van der Waals surface area contributed by atoms with Gasteiger partial charge in [0.25, 0.3) is 0 Å². The molecule has 0 aliphatic carbocycles. The summed E-state index contributed by atoms with van der Waals surface area (Å²) in [6.45, 7) is 2.92. The second-order valence-corrected chi connectivity index (χ2v) is 4.33. The second-order valence-electron chi connectivity index (χ2n) is 3.74. The molecule has 0 spiro atoms. The van der Waals surface area contributed by atoms with Gasteiger partial charge in [0.2, 0.25) is 0 Å². The van der Waals surface area contributed by atoms with Gasteiger partial charge >= 0.3 is 0 Å². The average molecular weight is 253 g/mol. The van der Waals surface area contributed by atoms with Gasteiger partial charge in [0.05, 0.1) is 12.1 Å². The lowest BCUT2D eigenvalue weighted by atomic mass is 10.1. The Kier molecular flexibility index (Phi) is 12.3. The molecule has 90 valence electrons. The van der Waals surface area contributed by atoms with Gasteiger partial charge in [0, 0.05) is 0 Å². The second kappa shape index (κ2) is 12.2. The molecule has 0 aliphatic rings. The van der Waals surface area contributed by atoms with E-state index in [2.05, 4.69) is 6.92 Å². The minimum absolute atomic E-state index is 0.291. The monoisotopic (exact) mass is 252 g/mol. The molecule has 0 aromatic rings. The van der Waals surface area contributed by atoms with Crippen molar-refractivity contribution in [3.63, 3.8) is 0 Å². The molecular formula is C12H22Cl2O. The van der Waals surface area contributed by atoms with Crippen LogP contribution in [0.15, 0.2) is 10.8 Å². The molecule has 0 aliphatic heterocycles. The van der Waals surface area contributed by atoms with Crippen molar-refractivity contribution >= 4 is 23.2 Å². The highest BCUT2D eigenvalue weighted by Crippen LogP contribution is 2.10. The van der Waals surface area contributed by atoms with Gasteiger partial charge in [0.1, 0.15) is 0 Å². The number of hydrogen-bond acceptors (Lipinski definition) is 1. The van der Waals surface area contributed by atoms with Crippen molar-refractivity contribution in [2.45, 2.75) is 58.3 Å². The van der Waals surface area contributed by atoms with E-state index in [1.165, 1.54) is 50.5 Å². The van der Waals surface area contributed by atoms with Crippen LogP contribution >= 0.6 is 23.2 Å². The minimum atomic E-state index is 0.291. The third-order valence-electron chi connectivity index (χ3n) is 2.32. The van der Waals surface area contributed by atoms with Crippen LogP contribution in [0.3, 0.4) is 0 Å². The smallest absolute Gasteiger partial charge is 0.198 e. The summed E-state index contributed by atoms with van der Waals surface area (Å²) in [5.74, 6) is 0. The fourth-order valence-corrected chi connectivity index (χ4v) is 1.58. The topological polar surface area (TPSA) is 9.23 Å². The van der Waals surface area contributed by atoms with Crippen LogP contribution in [0.5, 0.6) is 0 Å². The third-order valence-corrected chi connectivity index (χ3v) is 2.85. The van der Waals surface area contributed by atoms with Crippen molar-refractivity contribution in [3.05, 3.63) is 10.8 Å². The van der Waals surface area contributed by atoms with E-state index in [-0.39, 0.29) is 0 Å². The molecule has 0 unspecified atom stereocenters. The zero-order valence-electron chi connectivity index (χ0n) is 9.61. The van der Waals surface area contributed by atoms with E-state index >= 15 is 0 Å². The molecule has 0 bridgehead atoms. The van der Waals surface area contributed by atoms with Crippen LogP contribution in [0.25, 0.3) is 0 Å². The van der Waals surface area contributed by atoms with Crippen molar-refractivity contribution in [1.82, 2.24) is 0 Å². The predicted molar refractivity (Wildman–Crippen MR) is 68.4 cm³/mol. The van der Waals surface area contributed by atoms with Crippen molar-refractivity contribution in [2.75, 3.05) is 6.61 Å². The lowest BCUT2D eigenvalue weighted by Gasteiger charge is -2.03. The summed E-state index contributed by atoms with van der Waals surface area (Å²) in [6.07, 6.45) is 10.4. The van der Waals surface area contributed by atoms with Gasteiger partial charge in [0.15, 0.2) is 5.22 Å². The summed E-state index contributed by atoms with van der Waals surface area (Å²) < 4.78 is 5.13. The fourth-order valence-electron chi connectivity index (χ4n) is 1.44. The van der Waals surface area contributed by atoms with E-state index < -0.39 is 0 Å². The molecule has 3 heteroatoms. The number of unbranched alkanes of at least 4 members (excludes halogenated alkanes) is 7. The zero-order chi connectivity index (χ0) is 11.4. The summed E-state index contributed by atoms with van der Waals surface area (Å²) >= 11 is 10.9. The molecule has 0 heterocycles. The first-order chi connectivity index (χ1) is 7.31. The summed E-state index contributed by atoms with van der Waals surface area (Å²) in [4.78, 5) is 0. The SMILES string of the molecule is CCCCCCCCCCO/C(Cl)=C/Cl. The first-order valence-corrected chi connectivity index (χ1v) is 6.71. The van der Waals surface area contributed by atoms with E-state index in [1.807, 2.05) is 0 Å². The van der Waals surface area contributed by atoms with Gasteiger partial charge in [-0.3, -0.25) is 0 Å². The fraction of sp³-hybridized carbons (Fsp3) is 0.833. The van der Waals surface area contributed by atoms with Crippen LogP contribution in [-0.4, -0.2) is 6.61 Å². The summed E-state index contributed by atoms with van der Waals surface area (Å²) in [5.41, 5.74) is 1.26. The highest BCUT2D eigenvalue weighted by Gasteiger charge is 1.93. The van der Waals surface area contributed by atoms with Gasteiger partial charge in [-0.15, -0.1) is 0 Å². The molecule has 0 N–H and O–H groups in total. The highest BCUT2D eigenvalue weighted by molar-refractivity contribution is 6.35. The Balaban J connectivity index is 2.99. The van der Waals surface area contributed by atoms with Crippen molar-refractivity contribution in [1.29, 1.82) is 0 Å². The molecular weight excluding hydrogens is 231 g/mol. The van der Waals surface area contributed by atoms with Crippen molar-refractivity contribution in [3.8, 4) is 0 Å². The van der Waals surface area contributed by atoms with Crippen LogP contribution in [-0.2, 0) is 4.74 Å². The van der Waals surface area contributed by atoms with Crippen molar-refractivity contribution < 1.29 is 4.74 Å². The highest BCUT2D eigenvalue weighted by atomic mass is 35.5. The van der Waals surface area contributed by atoms with Crippen molar-refractivity contribution in [2.24, 2.45) is 0 Å². The van der Waals surface area contributed by atoms with Crippen LogP contribution in [0.2, 0.25) is 0 Å². The molecule has 1 nitrogen and oxygen atoms in total. The van der Waals surface area contributed by atoms with Gasteiger partial charge in [-0.05, 0) is 18.0 Å². The standard InChI is InChI=1S/C12H22Cl2O/c1-2-3-4-5-6-7-8-9-10-15-12(14)11-13/h11H,2-10H2,1H3/b12-11+. The molecule has 15 heavy (non-hydrogen) atoms. The molecule has 0 saturated carbocycles. The van der Waals surface area contributed by atoms with E-state index in [4.69, 9.17) is 27.9 Å². The lowest BCUT2D eigenvalue weighted by Crippen LogP contribution is -1.90. The van der Waals surface area contributed by atoms with Gasteiger partial charge in [-0.25, -0.2) is 0 Å². The first kappa shape index (κ1) is 15.1. The maximum atomic E-state index is 5.57. The minimum Gasteiger partial charge on any atom is -0.482 e. The molecule has 0 amide bonds. The number of rotatable bonds is 10. The van der Waals surface area contributed by atoms with E-state index in [1.54, 1.807) is 0 Å². The maximum absolute atomic E-state index is 5.57. The van der Waals surface area contributed by atoms with E-state index in [0.29, 0.717) is 11.8 Å². The van der Waals surface area contributed by atoms with Gasteiger partial charge in [-0.1, -0.05) is 63.5 Å². The molecule has 0 radical (unpaired) electrons.